The maximum atomic E-state index is 5.96. The summed E-state index contributed by atoms with van der Waals surface area (Å²) in [6.45, 7) is 2.22. The van der Waals surface area contributed by atoms with Crippen molar-refractivity contribution in [3.05, 3.63) is 24.3 Å². The zero-order chi connectivity index (χ0) is 11.7. The Bertz CT molecular complexity index is 480. The third kappa shape index (κ3) is 1.98. The summed E-state index contributed by atoms with van der Waals surface area (Å²) >= 11 is 5.96. The summed E-state index contributed by atoms with van der Waals surface area (Å²) in [6, 6.07) is 8.23. The van der Waals surface area contributed by atoms with Gasteiger partial charge in [0.15, 0.2) is 0 Å². The van der Waals surface area contributed by atoms with Gasteiger partial charge in [0.2, 0.25) is 5.95 Å². The maximum Gasteiger partial charge on any atom is 0.204 e. The molecule has 1 aromatic heterocycles. The van der Waals surface area contributed by atoms with E-state index in [0.717, 1.165) is 30.1 Å². The first-order valence-electron chi connectivity index (χ1n) is 5.73. The molecule has 4 nitrogen and oxygen atoms in total. The normalized spacial score (nSPS) is 21.0. The Balaban J connectivity index is 1.96. The number of anilines is 1. The van der Waals surface area contributed by atoms with Crippen LogP contribution in [0.25, 0.3) is 11.0 Å². The van der Waals surface area contributed by atoms with Crippen molar-refractivity contribution in [2.24, 2.45) is 0 Å². The van der Waals surface area contributed by atoms with Crippen LogP contribution in [0.1, 0.15) is 0 Å². The molecular formula is C12H14ClN3O. The number of hydrogen-bond acceptors (Lipinski definition) is 3. The van der Waals surface area contributed by atoms with Crippen molar-refractivity contribution in [1.29, 1.82) is 0 Å². The molecule has 3 rings (SSSR count). The molecule has 1 aliphatic rings. The molecule has 17 heavy (non-hydrogen) atoms. The van der Waals surface area contributed by atoms with Crippen LogP contribution in [-0.2, 0) is 4.74 Å². The molecule has 1 saturated heterocycles. The predicted molar refractivity (Wildman–Crippen MR) is 68.8 cm³/mol. The first kappa shape index (κ1) is 10.9. The zero-order valence-electron chi connectivity index (χ0n) is 9.40. The van der Waals surface area contributed by atoms with Crippen LogP contribution >= 0.6 is 11.6 Å². The van der Waals surface area contributed by atoms with Crippen LogP contribution in [0.2, 0.25) is 0 Å². The number of morpholine rings is 1. The summed E-state index contributed by atoms with van der Waals surface area (Å²) in [6.07, 6.45) is 0. The minimum Gasteiger partial charge on any atom is -0.377 e. The highest BCUT2D eigenvalue weighted by molar-refractivity contribution is 6.18. The number of halogens is 1. The monoisotopic (exact) mass is 251 g/mol. The molecule has 0 bridgehead atoms. The van der Waals surface area contributed by atoms with Gasteiger partial charge in [-0.25, -0.2) is 4.98 Å². The Morgan fingerprint density at radius 3 is 3.18 bits per heavy atom. The predicted octanol–water partition coefficient (Wildman–Crippen LogP) is 2.01. The fourth-order valence-electron chi connectivity index (χ4n) is 2.14. The third-order valence-corrected chi connectivity index (χ3v) is 3.41. The van der Waals surface area contributed by atoms with Crippen LogP contribution in [0.15, 0.2) is 24.3 Å². The van der Waals surface area contributed by atoms with Crippen molar-refractivity contribution >= 4 is 28.6 Å². The Hall–Kier alpha value is -1.26. The van der Waals surface area contributed by atoms with Crippen LogP contribution < -0.4 is 4.90 Å². The van der Waals surface area contributed by atoms with Crippen LogP contribution in [0.5, 0.6) is 0 Å². The SMILES string of the molecule is ClCC1COCCN1c1nc2ccccc2[nH]1. The molecule has 0 radical (unpaired) electrons. The van der Waals surface area contributed by atoms with Crippen LogP contribution in [0.3, 0.4) is 0 Å². The highest BCUT2D eigenvalue weighted by atomic mass is 35.5. The van der Waals surface area contributed by atoms with E-state index in [1.165, 1.54) is 0 Å². The van der Waals surface area contributed by atoms with E-state index in [0.29, 0.717) is 12.5 Å². The second kappa shape index (κ2) is 4.55. The van der Waals surface area contributed by atoms with Gasteiger partial charge in [-0.1, -0.05) is 12.1 Å². The van der Waals surface area contributed by atoms with Crippen LogP contribution in [0, 0.1) is 0 Å². The quantitative estimate of drug-likeness (QED) is 0.831. The van der Waals surface area contributed by atoms with Crippen molar-refractivity contribution in [2.75, 3.05) is 30.5 Å². The van der Waals surface area contributed by atoms with E-state index in [4.69, 9.17) is 16.3 Å². The molecule has 2 aromatic rings. The number of nitrogens with one attached hydrogen (secondary N) is 1. The highest BCUT2D eigenvalue weighted by Gasteiger charge is 2.24. The molecule has 2 heterocycles. The number of H-pyrrole nitrogens is 1. The largest absolute Gasteiger partial charge is 0.377 e. The van der Waals surface area contributed by atoms with Gasteiger partial charge in [-0.15, -0.1) is 11.6 Å². The van der Waals surface area contributed by atoms with Gasteiger partial charge >= 0.3 is 0 Å². The molecule has 0 amide bonds. The summed E-state index contributed by atoms with van der Waals surface area (Å²) in [4.78, 5) is 10.1. The minimum atomic E-state index is 0.200. The lowest BCUT2D eigenvalue weighted by Crippen LogP contribution is -2.47. The van der Waals surface area contributed by atoms with Crippen LogP contribution in [-0.4, -0.2) is 41.6 Å². The second-order valence-corrected chi connectivity index (χ2v) is 4.46. The molecule has 0 spiro atoms. The van der Waals surface area contributed by atoms with E-state index in [1.54, 1.807) is 0 Å². The summed E-state index contributed by atoms with van der Waals surface area (Å²) in [7, 11) is 0. The summed E-state index contributed by atoms with van der Waals surface area (Å²) in [5.74, 6) is 1.44. The van der Waals surface area contributed by atoms with Gasteiger partial charge in [0.25, 0.3) is 0 Å². The molecule has 1 atom stereocenters. The summed E-state index contributed by atoms with van der Waals surface area (Å²) < 4.78 is 5.43. The first-order valence-corrected chi connectivity index (χ1v) is 6.27. The van der Waals surface area contributed by atoms with E-state index >= 15 is 0 Å². The molecule has 0 saturated carbocycles. The molecule has 90 valence electrons. The summed E-state index contributed by atoms with van der Waals surface area (Å²) in [5.41, 5.74) is 2.05. The fraction of sp³-hybridized carbons (Fsp3) is 0.417. The Labute approximate surface area is 105 Å². The van der Waals surface area contributed by atoms with Crippen molar-refractivity contribution in [3.8, 4) is 0 Å². The Morgan fingerprint density at radius 1 is 1.47 bits per heavy atom. The lowest BCUT2D eigenvalue weighted by atomic mass is 10.3. The van der Waals surface area contributed by atoms with Gasteiger partial charge in [0.1, 0.15) is 0 Å². The molecule has 1 unspecified atom stereocenters. The van der Waals surface area contributed by atoms with E-state index in [-0.39, 0.29) is 6.04 Å². The van der Waals surface area contributed by atoms with Crippen molar-refractivity contribution < 1.29 is 4.74 Å². The molecule has 1 N–H and O–H groups in total. The molecular weight excluding hydrogens is 238 g/mol. The number of ether oxygens (including phenoxy) is 1. The minimum absolute atomic E-state index is 0.200. The van der Waals surface area contributed by atoms with Gasteiger partial charge in [0.05, 0.1) is 30.3 Å². The topological polar surface area (TPSA) is 41.1 Å². The van der Waals surface area contributed by atoms with Crippen molar-refractivity contribution in [1.82, 2.24) is 9.97 Å². The van der Waals surface area contributed by atoms with Gasteiger partial charge in [-0.2, -0.15) is 0 Å². The van der Waals surface area contributed by atoms with E-state index in [1.807, 2.05) is 24.3 Å². The fourth-order valence-corrected chi connectivity index (χ4v) is 2.39. The average Bonchev–Trinajstić information content (AvgIpc) is 2.82. The number of benzene rings is 1. The number of alkyl halides is 1. The lowest BCUT2D eigenvalue weighted by Gasteiger charge is -2.34. The molecule has 1 aliphatic heterocycles. The number of aromatic nitrogens is 2. The molecule has 1 fully saturated rings. The Morgan fingerprint density at radius 2 is 2.35 bits per heavy atom. The summed E-state index contributed by atoms with van der Waals surface area (Å²) in [5, 5.41) is 0. The van der Waals surface area contributed by atoms with E-state index in [2.05, 4.69) is 14.9 Å². The van der Waals surface area contributed by atoms with E-state index in [9.17, 15) is 0 Å². The number of nitrogens with zero attached hydrogens (tertiary/aromatic N) is 2. The number of hydrogen-bond donors (Lipinski definition) is 1. The Kier molecular flexibility index (Phi) is 2.91. The van der Waals surface area contributed by atoms with Gasteiger partial charge in [-0.3, -0.25) is 0 Å². The average molecular weight is 252 g/mol. The standard InChI is InChI=1S/C12H14ClN3O/c13-7-9-8-17-6-5-16(9)12-14-10-3-1-2-4-11(10)15-12/h1-4,9H,5-8H2,(H,14,15). The highest BCUT2D eigenvalue weighted by Crippen LogP contribution is 2.21. The second-order valence-electron chi connectivity index (χ2n) is 4.15. The molecule has 1 aromatic carbocycles. The van der Waals surface area contributed by atoms with Crippen molar-refractivity contribution in [2.45, 2.75) is 6.04 Å². The third-order valence-electron chi connectivity index (χ3n) is 3.05. The maximum absolute atomic E-state index is 5.96. The smallest absolute Gasteiger partial charge is 0.204 e. The number of aromatic amines is 1. The lowest BCUT2D eigenvalue weighted by molar-refractivity contribution is 0.0990. The molecule has 0 aliphatic carbocycles. The number of fused-ring (bicyclic) bond motifs is 1. The van der Waals surface area contributed by atoms with Crippen LogP contribution in [0.4, 0.5) is 5.95 Å². The number of para-hydroxylation sites is 2. The number of rotatable bonds is 2. The molecule has 5 heteroatoms. The van der Waals surface area contributed by atoms with E-state index < -0.39 is 0 Å². The van der Waals surface area contributed by atoms with Crippen molar-refractivity contribution in [3.63, 3.8) is 0 Å². The first-order chi connectivity index (χ1) is 8.38. The van der Waals surface area contributed by atoms with Gasteiger partial charge in [-0.05, 0) is 12.1 Å². The zero-order valence-corrected chi connectivity index (χ0v) is 10.2. The van der Waals surface area contributed by atoms with Gasteiger partial charge < -0.3 is 14.6 Å². The van der Waals surface area contributed by atoms with Gasteiger partial charge in [0, 0.05) is 12.4 Å². The number of imidazole rings is 1.